The van der Waals surface area contributed by atoms with Gasteiger partial charge in [-0.05, 0) is 26.8 Å². The van der Waals surface area contributed by atoms with Crippen molar-refractivity contribution in [1.82, 2.24) is 10.4 Å². The van der Waals surface area contributed by atoms with Crippen molar-refractivity contribution in [1.29, 1.82) is 0 Å². The molecule has 6 nitrogen and oxygen atoms in total. The van der Waals surface area contributed by atoms with E-state index in [-0.39, 0.29) is 0 Å². The zero-order valence-corrected chi connectivity index (χ0v) is 15.7. The van der Waals surface area contributed by atoms with Crippen LogP contribution in [-0.4, -0.2) is 16.7 Å². The van der Waals surface area contributed by atoms with Gasteiger partial charge in [-0.1, -0.05) is 45.9 Å². The number of nitrogens with two attached hydrogens (primary N) is 1. The molecule has 0 aliphatic carbocycles. The van der Waals surface area contributed by atoms with E-state index in [1.165, 1.54) is 0 Å². The van der Waals surface area contributed by atoms with Crippen LogP contribution in [0.4, 0.5) is 16.2 Å². The fraction of sp³-hybridized carbons (Fsp3) is 0.444. The smallest absolute Gasteiger partial charge is 0.426 e. The van der Waals surface area contributed by atoms with Crippen LogP contribution in [0, 0.1) is 0 Å². The van der Waals surface area contributed by atoms with Crippen LogP contribution in [0.2, 0.25) is 0 Å². The summed E-state index contributed by atoms with van der Waals surface area (Å²) < 4.78 is 5.14. The lowest BCUT2D eigenvalue weighted by atomic mass is 10.2. The van der Waals surface area contributed by atoms with Gasteiger partial charge in [-0.2, -0.15) is 0 Å². The molecule has 4 N–H and O–H groups in total. The molecule has 1 aromatic heterocycles. The van der Waals surface area contributed by atoms with E-state index in [0.717, 1.165) is 10.9 Å². The van der Waals surface area contributed by atoms with Crippen molar-refractivity contribution in [2.24, 2.45) is 0 Å². The maximum absolute atomic E-state index is 11.6. The molecule has 0 saturated heterocycles. The Hall–Kier alpha value is -2.50. The maximum atomic E-state index is 11.6. The predicted octanol–water partition coefficient (Wildman–Crippen LogP) is 4.72. The van der Waals surface area contributed by atoms with E-state index in [9.17, 15) is 4.79 Å². The first kappa shape index (κ1) is 21.5. The summed E-state index contributed by atoms with van der Waals surface area (Å²) in [4.78, 5) is 15.8. The lowest BCUT2D eigenvalue weighted by Gasteiger charge is -2.20. The van der Waals surface area contributed by atoms with Crippen molar-refractivity contribution in [2.75, 3.05) is 11.2 Å². The molecular formula is C18H30N4O2. The van der Waals surface area contributed by atoms with Gasteiger partial charge in [-0.3, -0.25) is 10.4 Å². The Bertz CT molecular complexity index is 636. The molecule has 0 aliphatic heterocycles. The van der Waals surface area contributed by atoms with Gasteiger partial charge in [0.05, 0.1) is 23.1 Å². The molecule has 0 spiro atoms. The molecule has 0 fully saturated rings. The Labute approximate surface area is 144 Å². The molecule has 1 aromatic carbocycles. The summed E-state index contributed by atoms with van der Waals surface area (Å²) in [7, 11) is 0. The van der Waals surface area contributed by atoms with Gasteiger partial charge < -0.3 is 10.5 Å². The number of rotatable bonds is 2. The first-order valence-corrected chi connectivity index (χ1v) is 8.25. The Morgan fingerprint density at radius 2 is 1.71 bits per heavy atom. The fourth-order valence-corrected chi connectivity index (χ4v) is 1.71. The average Bonchev–Trinajstić information content (AvgIpc) is 2.56. The van der Waals surface area contributed by atoms with Gasteiger partial charge >= 0.3 is 6.09 Å². The number of para-hydroxylation sites is 1. The minimum absolute atomic E-state index is 0.444. The maximum Gasteiger partial charge on any atom is 0.426 e. The second kappa shape index (κ2) is 10.3. The summed E-state index contributed by atoms with van der Waals surface area (Å²) in [6.45, 7) is 13.4. The quantitative estimate of drug-likeness (QED) is 0.691. The number of benzene rings is 1. The Morgan fingerprint density at radius 3 is 2.29 bits per heavy atom. The summed E-state index contributed by atoms with van der Waals surface area (Å²) in [6.07, 6.45) is 0.972. The molecule has 0 aliphatic rings. The molecule has 1 amide bonds. The van der Waals surface area contributed by atoms with E-state index < -0.39 is 11.7 Å². The van der Waals surface area contributed by atoms with Gasteiger partial charge in [-0.15, -0.1) is 0 Å². The number of nitrogens with zero attached hydrogens (tertiary/aromatic N) is 1. The van der Waals surface area contributed by atoms with Crippen LogP contribution in [0.1, 0.15) is 48.5 Å². The Morgan fingerprint density at radius 1 is 1.12 bits per heavy atom. The number of nitrogen functional groups attached to an aromatic ring is 1. The normalized spacial score (nSPS) is 9.79. The standard InChI is InChI=1S/C14H18N4O2.2C2H6/c1-14(2,3)20-13(19)18-17-12-9-6-4-5-7-11(9)16-8-10(12)15;2*1-2/h4-8H,15H2,1-3H3,(H,16,17)(H,18,19);2*1-2H3. The highest BCUT2D eigenvalue weighted by Gasteiger charge is 2.16. The van der Waals surface area contributed by atoms with Crippen LogP contribution >= 0.6 is 0 Å². The Kier molecular flexibility index (Phi) is 9.23. The zero-order chi connectivity index (χ0) is 18.8. The number of hydrogen-bond acceptors (Lipinski definition) is 5. The third-order valence-corrected chi connectivity index (χ3v) is 2.49. The predicted molar refractivity (Wildman–Crippen MR) is 102 cm³/mol. The van der Waals surface area contributed by atoms with Crippen molar-refractivity contribution in [3.63, 3.8) is 0 Å². The number of amides is 1. The van der Waals surface area contributed by atoms with Crippen molar-refractivity contribution in [3.05, 3.63) is 30.5 Å². The monoisotopic (exact) mass is 334 g/mol. The minimum atomic E-state index is -0.571. The Balaban J connectivity index is 0.00000123. The van der Waals surface area contributed by atoms with Crippen LogP contribution < -0.4 is 16.6 Å². The molecule has 0 atom stereocenters. The zero-order valence-electron chi connectivity index (χ0n) is 15.7. The second-order valence-electron chi connectivity index (χ2n) is 5.36. The van der Waals surface area contributed by atoms with E-state index in [2.05, 4.69) is 15.8 Å². The van der Waals surface area contributed by atoms with Crippen molar-refractivity contribution in [3.8, 4) is 0 Å². The summed E-state index contributed by atoms with van der Waals surface area (Å²) in [5.41, 5.74) is 12.4. The molecule has 6 heteroatoms. The number of aromatic nitrogens is 1. The highest BCUT2D eigenvalue weighted by Crippen LogP contribution is 2.26. The molecule has 24 heavy (non-hydrogen) atoms. The summed E-state index contributed by atoms with van der Waals surface area (Å²) in [6, 6.07) is 7.50. The number of carbonyl (C=O) groups excluding carboxylic acids is 1. The first-order chi connectivity index (χ1) is 11.4. The molecule has 0 saturated carbocycles. The highest BCUT2D eigenvalue weighted by atomic mass is 16.6. The van der Waals surface area contributed by atoms with E-state index >= 15 is 0 Å². The molecule has 134 valence electrons. The van der Waals surface area contributed by atoms with Crippen molar-refractivity contribution >= 4 is 28.4 Å². The number of nitrogens with one attached hydrogen (secondary N) is 2. The van der Waals surface area contributed by atoms with Gasteiger partial charge in [0.1, 0.15) is 5.60 Å². The lowest BCUT2D eigenvalue weighted by molar-refractivity contribution is 0.0541. The third-order valence-electron chi connectivity index (χ3n) is 2.49. The van der Waals surface area contributed by atoms with Crippen LogP contribution in [0.15, 0.2) is 30.5 Å². The summed E-state index contributed by atoms with van der Waals surface area (Å²) in [5, 5.41) is 0.823. The van der Waals surface area contributed by atoms with Gasteiger partial charge in [-0.25, -0.2) is 10.2 Å². The number of anilines is 2. The van der Waals surface area contributed by atoms with Gasteiger partial charge in [0.2, 0.25) is 0 Å². The SMILES string of the molecule is CC.CC.CC(C)(C)OC(=O)NNc1c(N)cnc2ccccc12. The first-order valence-electron chi connectivity index (χ1n) is 8.25. The number of hydrogen-bond donors (Lipinski definition) is 3. The topological polar surface area (TPSA) is 89.3 Å². The largest absolute Gasteiger partial charge is 0.443 e. The van der Waals surface area contributed by atoms with Crippen LogP contribution in [0.25, 0.3) is 10.9 Å². The average molecular weight is 334 g/mol. The van der Waals surface area contributed by atoms with Crippen molar-refractivity contribution in [2.45, 2.75) is 54.1 Å². The van der Waals surface area contributed by atoms with Crippen LogP contribution in [0.3, 0.4) is 0 Å². The van der Waals surface area contributed by atoms with E-state index in [1.807, 2.05) is 52.0 Å². The van der Waals surface area contributed by atoms with Gasteiger partial charge in [0, 0.05) is 5.39 Å². The minimum Gasteiger partial charge on any atom is -0.443 e. The van der Waals surface area contributed by atoms with E-state index in [4.69, 9.17) is 10.5 Å². The van der Waals surface area contributed by atoms with Gasteiger partial charge in [0.15, 0.2) is 0 Å². The number of ether oxygens (including phenoxy) is 1. The number of hydrazine groups is 1. The second-order valence-corrected chi connectivity index (χ2v) is 5.36. The lowest BCUT2D eigenvalue weighted by Crippen LogP contribution is -2.36. The van der Waals surface area contributed by atoms with E-state index in [0.29, 0.717) is 11.4 Å². The van der Waals surface area contributed by atoms with Gasteiger partial charge in [0.25, 0.3) is 0 Å². The summed E-state index contributed by atoms with van der Waals surface area (Å²) >= 11 is 0. The number of fused-ring (bicyclic) bond motifs is 1. The molecule has 0 bridgehead atoms. The molecule has 1 heterocycles. The van der Waals surface area contributed by atoms with Crippen LogP contribution in [0.5, 0.6) is 0 Å². The molecule has 0 radical (unpaired) electrons. The van der Waals surface area contributed by atoms with Crippen molar-refractivity contribution < 1.29 is 9.53 Å². The number of carbonyl (C=O) groups is 1. The summed E-state index contributed by atoms with van der Waals surface area (Å²) in [5.74, 6) is 0. The molecular weight excluding hydrogens is 304 g/mol. The highest BCUT2D eigenvalue weighted by molar-refractivity contribution is 5.97. The molecule has 2 rings (SSSR count). The van der Waals surface area contributed by atoms with Crippen LogP contribution in [-0.2, 0) is 4.74 Å². The third kappa shape index (κ3) is 6.73. The van der Waals surface area contributed by atoms with E-state index in [1.54, 1.807) is 27.0 Å². The molecule has 0 unspecified atom stereocenters. The molecule has 2 aromatic rings. The fourth-order valence-electron chi connectivity index (χ4n) is 1.71. The number of pyridine rings is 1.